The Morgan fingerprint density at radius 2 is 1.48 bits per heavy atom. The first kappa shape index (κ1) is 21.1. The van der Waals surface area contributed by atoms with Crippen molar-refractivity contribution in [3.8, 4) is 10.4 Å². The lowest BCUT2D eigenvalue weighted by Crippen LogP contribution is -2.57. The monoisotopic (exact) mass is 460 g/mol. The van der Waals surface area contributed by atoms with Crippen LogP contribution in [0.1, 0.15) is 20.8 Å². The van der Waals surface area contributed by atoms with Gasteiger partial charge in [-0.05, 0) is 42.6 Å². The molecule has 166 valence electrons. The molecule has 2 saturated heterocycles. The van der Waals surface area contributed by atoms with Crippen LogP contribution in [0, 0.1) is 0 Å². The summed E-state index contributed by atoms with van der Waals surface area (Å²) in [6.45, 7) is 4.15. The molecule has 0 saturated carbocycles. The minimum Gasteiger partial charge on any atom is -0.335 e. The van der Waals surface area contributed by atoms with Crippen LogP contribution in [0.25, 0.3) is 10.4 Å². The summed E-state index contributed by atoms with van der Waals surface area (Å²) in [5.41, 5.74) is 3.85. The van der Waals surface area contributed by atoms with E-state index in [1.54, 1.807) is 20.5 Å². The van der Waals surface area contributed by atoms with Gasteiger partial charge in [0, 0.05) is 57.2 Å². The number of aryl methyl sites for hydroxylation is 2. The van der Waals surface area contributed by atoms with Crippen LogP contribution < -0.4 is 0 Å². The molecule has 0 N–H and O–H groups in total. The van der Waals surface area contributed by atoms with Gasteiger partial charge in [-0.25, -0.2) is 0 Å². The Kier molecular flexibility index (Phi) is 5.64. The first-order valence-corrected chi connectivity index (χ1v) is 13.1. The van der Waals surface area contributed by atoms with Crippen LogP contribution in [-0.2, 0) is 23.1 Å². The normalized spacial score (nSPS) is 21.0. The summed E-state index contributed by atoms with van der Waals surface area (Å²) in [7, 11) is -1.44. The van der Waals surface area contributed by atoms with Crippen LogP contribution in [0.3, 0.4) is 0 Å². The molecule has 2 fully saturated rings. The summed E-state index contributed by atoms with van der Waals surface area (Å²) in [6, 6.07) is 10.5. The molecular formula is C22H28N4O3S2. The maximum absolute atomic E-state index is 13.2. The van der Waals surface area contributed by atoms with Crippen LogP contribution >= 0.6 is 11.3 Å². The third kappa shape index (κ3) is 3.93. The predicted molar refractivity (Wildman–Crippen MR) is 123 cm³/mol. The maximum Gasteiger partial charge on any atom is 0.282 e. The SMILES string of the molecule is CN1CCN(S(=O)(=O)N2CCN(C(=O)c3cc4c(s3)-c3ccccc3CC4)CC2)CC1. The second kappa shape index (κ2) is 8.29. The number of benzene rings is 1. The second-order valence-electron chi connectivity index (χ2n) is 8.52. The highest BCUT2D eigenvalue weighted by Crippen LogP contribution is 2.39. The molecule has 1 aliphatic carbocycles. The van der Waals surface area contributed by atoms with Crippen LogP contribution in [0.2, 0.25) is 0 Å². The minimum absolute atomic E-state index is 0.0218. The molecule has 1 aromatic carbocycles. The zero-order valence-electron chi connectivity index (χ0n) is 17.8. The lowest BCUT2D eigenvalue weighted by Gasteiger charge is -2.39. The number of nitrogens with zero attached hydrogens (tertiary/aromatic N) is 4. The quantitative estimate of drug-likeness (QED) is 0.700. The molecule has 0 bridgehead atoms. The number of hydrogen-bond acceptors (Lipinski definition) is 5. The van der Waals surface area contributed by atoms with E-state index in [9.17, 15) is 13.2 Å². The highest BCUT2D eigenvalue weighted by Gasteiger charge is 2.35. The van der Waals surface area contributed by atoms with Gasteiger partial charge in [-0.2, -0.15) is 17.0 Å². The number of amides is 1. The molecule has 7 nitrogen and oxygen atoms in total. The van der Waals surface area contributed by atoms with Gasteiger partial charge in [0.15, 0.2) is 0 Å². The van der Waals surface area contributed by atoms with E-state index in [0.717, 1.165) is 30.8 Å². The molecule has 0 unspecified atom stereocenters. The number of thiophene rings is 1. The lowest BCUT2D eigenvalue weighted by molar-refractivity contribution is 0.0697. The van der Waals surface area contributed by atoms with Gasteiger partial charge in [-0.1, -0.05) is 24.3 Å². The number of fused-ring (bicyclic) bond motifs is 3. The van der Waals surface area contributed by atoms with Crippen molar-refractivity contribution in [1.82, 2.24) is 18.4 Å². The van der Waals surface area contributed by atoms with Crippen molar-refractivity contribution < 1.29 is 13.2 Å². The van der Waals surface area contributed by atoms with Crippen LogP contribution in [0.15, 0.2) is 30.3 Å². The molecule has 0 spiro atoms. The van der Waals surface area contributed by atoms with Gasteiger partial charge in [0.1, 0.15) is 0 Å². The van der Waals surface area contributed by atoms with Crippen LogP contribution in [-0.4, -0.2) is 92.1 Å². The van der Waals surface area contributed by atoms with Crippen molar-refractivity contribution in [2.24, 2.45) is 0 Å². The van der Waals surface area contributed by atoms with E-state index in [2.05, 4.69) is 29.2 Å². The van der Waals surface area contributed by atoms with E-state index in [-0.39, 0.29) is 5.91 Å². The fourth-order valence-corrected chi connectivity index (χ4v) is 7.45. The number of carbonyl (C=O) groups is 1. The second-order valence-corrected chi connectivity index (χ2v) is 11.5. The molecule has 9 heteroatoms. The molecule has 5 rings (SSSR count). The zero-order chi connectivity index (χ0) is 21.6. The molecule has 2 aliphatic heterocycles. The van der Waals surface area contributed by atoms with Gasteiger partial charge < -0.3 is 9.80 Å². The summed E-state index contributed by atoms with van der Waals surface area (Å²) in [4.78, 5) is 19.1. The predicted octanol–water partition coefficient (Wildman–Crippen LogP) is 1.76. The van der Waals surface area contributed by atoms with Crippen molar-refractivity contribution in [1.29, 1.82) is 0 Å². The zero-order valence-corrected chi connectivity index (χ0v) is 19.4. The van der Waals surface area contributed by atoms with Gasteiger partial charge in [0.2, 0.25) is 0 Å². The third-order valence-electron chi connectivity index (χ3n) is 6.59. The van der Waals surface area contributed by atoms with Gasteiger partial charge in [0.25, 0.3) is 16.1 Å². The van der Waals surface area contributed by atoms with Gasteiger partial charge >= 0.3 is 0 Å². The number of hydrogen-bond donors (Lipinski definition) is 0. The summed E-state index contributed by atoms with van der Waals surface area (Å²) in [5.74, 6) is 0.0218. The molecule has 0 radical (unpaired) electrons. The van der Waals surface area contributed by atoms with Crippen molar-refractivity contribution in [3.05, 3.63) is 46.3 Å². The Balaban J connectivity index is 1.26. The topological polar surface area (TPSA) is 64.2 Å². The average Bonchev–Trinajstić information content (AvgIpc) is 3.24. The van der Waals surface area contributed by atoms with E-state index < -0.39 is 10.2 Å². The number of carbonyl (C=O) groups excluding carboxylic acids is 1. The smallest absolute Gasteiger partial charge is 0.282 e. The molecule has 3 heterocycles. The number of piperazine rings is 2. The summed E-state index contributed by atoms with van der Waals surface area (Å²) < 4.78 is 29.1. The van der Waals surface area contributed by atoms with E-state index in [0.29, 0.717) is 39.3 Å². The summed E-state index contributed by atoms with van der Waals surface area (Å²) in [6.07, 6.45) is 1.98. The van der Waals surface area contributed by atoms with Gasteiger partial charge in [-0.15, -0.1) is 11.3 Å². The molecule has 3 aliphatic rings. The molecule has 31 heavy (non-hydrogen) atoms. The molecule has 2 aromatic rings. The molecule has 0 atom stereocenters. The third-order valence-corrected chi connectivity index (χ3v) is 9.82. The highest BCUT2D eigenvalue weighted by molar-refractivity contribution is 7.86. The maximum atomic E-state index is 13.2. The standard InChI is InChI=1S/C22H28N4O3S2/c1-23-8-12-25(13-9-23)31(28,29)26-14-10-24(11-15-26)22(27)20-16-18-7-6-17-4-2-3-5-19(17)21(18)30-20/h2-5,16H,6-15H2,1H3. The van der Waals surface area contributed by atoms with E-state index in [4.69, 9.17) is 0 Å². The first-order chi connectivity index (χ1) is 14.9. The number of likely N-dealkylation sites (N-methyl/N-ethyl adjacent to an activating group) is 1. The average molecular weight is 461 g/mol. The van der Waals surface area contributed by atoms with E-state index in [1.165, 1.54) is 25.9 Å². The Hall–Kier alpha value is -1.78. The fourth-order valence-electron chi connectivity index (χ4n) is 4.64. The molecular weight excluding hydrogens is 432 g/mol. The summed E-state index contributed by atoms with van der Waals surface area (Å²) in [5, 5.41) is 0. The van der Waals surface area contributed by atoms with E-state index in [1.807, 2.05) is 13.1 Å². The van der Waals surface area contributed by atoms with Crippen LogP contribution in [0.5, 0.6) is 0 Å². The fraction of sp³-hybridized carbons (Fsp3) is 0.500. The molecule has 1 amide bonds. The Morgan fingerprint density at radius 3 is 2.19 bits per heavy atom. The number of rotatable bonds is 3. The van der Waals surface area contributed by atoms with Crippen molar-refractivity contribution >= 4 is 27.5 Å². The van der Waals surface area contributed by atoms with Gasteiger partial charge in [-0.3, -0.25) is 4.79 Å². The van der Waals surface area contributed by atoms with Crippen LogP contribution in [0.4, 0.5) is 0 Å². The highest BCUT2D eigenvalue weighted by atomic mass is 32.2. The minimum atomic E-state index is -3.45. The van der Waals surface area contributed by atoms with Crippen molar-refractivity contribution in [2.75, 3.05) is 59.4 Å². The lowest BCUT2D eigenvalue weighted by atomic mass is 9.91. The first-order valence-electron chi connectivity index (χ1n) is 10.9. The summed E-state index contributed by atoms with van der Waals surface area (Å²) >= 11 is 1.57. The Bertz CT molecular complexity index is 1080. The Labute approximate surface area is 188 Å². The largest absolute Gasteiger partial charge is 0.335 e. The molecule has 1 aromatic heterocycles. The van der Waals surface area contributed by atoms with Gasteiger partial charge in [0.05, 0.1) is 4.88 Å². The Morgan fingerprint density at radius 1 is 0.871 bits per heavy atom. The van der Waals surface area contributed by atoms with Crippen molar-refractivity contribution in [3.63, 3.8) is 0 Å². The van der Waals surface area contributed by atoms with E-state index >= 15 is 0 Å². The van der Waals surface area contributed by atoms with Crippen molar-refractivity contribution in [2.45, 2.75) is 12.8 Å².